The van der Waals surface area contributed by atoms with Crippen LogP contribution >= 0.6 is 0 Å². The van der Waals surface area contributed by atoms with E-state index < -0.39 is 0 Å². The fourth-order valence-corrected chi connectivity index (χ4v) is 2.99. The van der Waals surface area contributed by atoms with Crippen molar-refractivity contribution >= 4 is 11.3 Å². The normalized spacial score (nSPS) is 13.6. The van der Waals surface area contributed by atoms with E-state index in [4.69, 9.17) is 0 Å². The van der Waals surface area contributed by atoms with Crippen molar-refractivity contribution in [2.45, 2.75) is 33.1 Å². The van der Waals surface area contributed by atoms with Gasteiger partial charge in [-0.25, -0.2) is 4.68 Å². The van der Waals surface area contributed by atoms with Gasteiger partial charge in [-0.1, -0.05) is 31.2 Å². The van der Waals surface area contributed by atoms with Gasteiger partial charge in [-0.2, -0.15) is 5.10 Å². The van der Waals surface area contributed by atoms with Crippen LogP contribution in [0.25, 0.3) is 5.57 Å². The zero-order chi connectivity index (χ0) is 19.1. The smallest absolute Gasteiger partial charge is 0.271 e. The molecule has 26 heavy (non-hydrogen) atoms. The van der Waals surface area contributed by atoms with Crippen molar-refractivity contribution in [1.29, 1.82) is 0 Å². The lowest BCUT2D eigenvalue weighted by Crippen LogP contribution is -2.22. The van der Waals surface area contributed by atoms with Gasteiger partial charge in [-0.3, -0.25) is 4.79 Å². The second-order valence-corrected chi connectivity index (χ2v) is 6.65. The molecule has 0 radical (unpaired) electrons. The predicted molar refractivity (Wildman–Crippen MR) is 109 cm³/mol. The number of nitrogens with one attached hydrogen (secondary N) is 1. The maximum absolute atomic E-state index is 11.2. The Balaban J connectivity index is 0.000000197. The van der Waals surface area contributed by atoms with Crippen molar-refractivity contribution in [2.24, 2.45) is 7.05 Å². The SMILES string of the molecule is CCc1ccc(C2=CN(C)CCC2)cc1.CNc1cnn(C)c(=O)c1C. The number of anilines is 1. The molecule has 0 amide bonds. The molecule has 0 fully saturated rings. The lowest BCUT2D eigenvalue weighted by atomic mass is 9.98. The molecule has 0 aliphatic carbocycles. The molecule has 5 nitrogen and oxygen atoms in total. The Hall–Kier alpha value is -2.56. The largest absolute Gasteiger partial charge is 0.386 e. The summed E-state index contributed by atoms with van der Waals surface area (Å²) in [4.78, 5) is 13.5. The number of rotatable bonds is 3. The van der Waals surface area contributed by atoms with Gasteiger partial charge in [0.25, 0.3) is 5.56 Å². The molecule has 1 aromatic carbocycles. The van der Waals surface area contributed by atoms with Gasteiger partial charge in [0.15, 0.2) is 0 Å². The second kappa shape index (κ2) is 9.22. The molecule has 5 heteroatoms. The molecule has 1 aliphatic rings. The molecule has 3 rings (SSSR count). The Labute approximate surface area is 156 Å². The molecule has 1 aliphatic heterocycles. The Morgan fingerprint density at radius 2 is 1.88 bits per heavy atom. The highest BCUT2D eigenvalue weighted by Crippen LogP contribution is 2.24. The number of nitrogens with zero attached hydrogens (tertiary/aromatic N) is 3. The second-order valence-electron chi connectivity index (χ2n) is 6.65. The van der Waals surface area contributed by atoms with E-state index >= 15 is 0 Å². The lowest BCUT2D eigenvalue weighted by Gasteiger charge is -2.22. The van der Waals surface area contributed by atoms with Crippen molar-refractivity contribution < 1.29 is 0 Å². The molecular formula is C21H30N4O. The minimum absolute atomic E-state index is 0.0585. The maximum Gasteiger partial charge on any atom is 0.271 e. The van der Waals surface area contributed by atoms with Gasteiger partial charge in [-0.15, -0.1) is 0 Å². The van der Waals surface area contributed by atoms with E-state index in [-0.39, 0.29) is 5.56 Å². The Morgan fingerprint density at radius 3 is 2.46 bits per heavy atom. The first-order valence-electron chi connectivity index (χ1n) is 9.17. The van der Waals surface area contributed by atoms with Crippen molar-refractivity contribution in [3.63, 3.8) is 0 Å². The molecule has 0 saturated carbocycles. The molecule has 140 valence electrons. The summed E-state index contributed by atoms with van der Waals surface area (Å²) < 4.78 is 1.32. The van der Waals surface area contributed by atoms with Crippen LogP contribution in [0.15, 0.2) is 41.5 Å². The summed E-state index contributed by atoms with van der Waals surface area (Å²) in [6.07, 6.45) is 7.54. The molecule has 2 aromatic rings. The van der Waals surface area contributed by atoms with Crippen LogP contribution in [0, 0.1) is 6.92 Å². The molecule has 0 saturated heterocycles. The Bertz CT molecular complexity index is 806. The lowest BCUT2D eigenvalue weighted by molar-refractivity contribution is 0.431. The van der Waals surface area contributed by atoms with Gasteiger partial charge in [0.1, 0.15) is 0 Å². The third kappa shape index (κ3) is 4.97. The first kappa shape index (κ1) is 19.8. The summed E-state index contributed by atoms with van der Waals surface area (Å²) in [5.74, 6) is 0. The van der Waals surface area contributed by atoms with Gasteiger partial charge in [-0.05, 0) is 42.9 Å². The maximum atomic E-state index is 11.2. The third-order valence-corrected chi connectivity index (χ3v) is 4.71. The van der Waals surface area contributed by atoms with Crippen molar-refractivity contribution in [3.05, 3.63) is 63.7 Å². The number of hydrogen-bond donors (Lipinski definition) is 1. The van der Waals surface area contributed by atoms with Crippen LogP contribution in [0.1, 0.15) is 36.5 Å². The fraction of sp³-hybridized carbons (Fsp3) is 0.429. The van der Waals surface area contributed by atoms with E-state index in [1.54, 1.807) is 27.2 Å². The van der Waals surface area contributed by atoms with E-state index in [2.05, 4.69) is 59.8 Å². The van der Waals surface area contributed by atoms with E-state index in [0.29, 0.717) is 5.56 Å². The van der Waals surface area contributed by atoms with Crippen molar-refractivity contribution in [3.8, 4) is 0 Å². The van der Waals surface area contributed by atoms with Gasteiger partial charge in [0.05, 0.1) is 11.9 Å². The molecule has 2 heterocycles. The predicted octanol–water partition coefficient (Wildman–Crippen LogP) is 3.45. The van der Waals surface area contributed by atoms with E-state index in [1.165, 1.54) is 40.8 Å². The third-order valence-electron chi connectivity index (χ3n) is 4.71. The molecular weight excluding hydrogens is 324 g/mol. The zero-order valence-electron chi connectivity index (χ0n) is 16.5. The van der Waals surface area contributed by atoms with Gasteiger partial charge >= 0.3 is 0 Å². The van der Waals surface area contributed by atoms with Crippen LogP contribution in [-0.4, -0.2) is 35.3 Å². The van der Waals surface area contributed by atoms with Crippen molar-refractivity contribution in [2.75, 3.05) is 26.0 Å². The number of aromatic nitrogens is 2. The first-order valence-corrected chi connectivity index (χ1v) is 9.17. The average Bonchev–Trinajstić information content (AvgIpc) is 2.67. The Morgan fingerprint density at radius 1 is 1.19 bits per heavy atom. The average molecular weight is 354 g/mol. The summed E-state index contributed by atoms with van der Waals surface area (Å²) in [5.41, 5.74) is 5.71. The summed E-state index contributed by atoms with van der Waals surface area (Å²) in [7, 11) is 5.55. The van der Waals surface area contributed by atoms with Gasteiger partial charge < -0.3 is 10.2 Å². The highest BCUT2D eigenvalue weighted by atomic mass is 16.1. The Kier molecular flexibility index (Phi) is 7.01. The molecule has 1 N–H and O–H groups in total. The fourth-order valence-electron chi connectivity index (χ4n) is 2.99. The van der Waals surface area contributed by atoms with Gasteiger partial charge in [0, 0.05) is 39.5 Å². The van der Waals surface area contributed by atoms with Crippen LogP contribution in [0.3, 0.4) is 0 Å². The van der Waals surface area contributed by atoms with Crippen LogP contribution < -0.4 is 10.9 Å². The molecule has 1 aromatic heterocycles. The number of benzene rings is 1. The minimum atomic E-state index is -0.0585. The zero-order valence-corrected chi connectivity index (χ0v) is 16.5. The van der Waals surface area contributed by atoms with Crippen LogP contribution in [0.5, 0.6) is 0 Å². The number of aryl methyl sites for hydroxylation is 2. The quantitative estimate of drug-likeness (QED) is 0.917. The van der Waals surface area contributed by atoms with E-state index in [1.807, 2.05) is 0 Å². The van der Waals surface area contributed by atoms with Gasteiger partial charge in [0.2, 0.25) is 0 Å². The number of allylic oxidation sites excluding steroid dienone is 1. The van der Waals surface area contributed by atoms with E-state index in [9.17, 15) is 4.79 Å². The van der Waals surface area contributed by atoms with Crippen LogP contribution in [0.2, 0.25) is 0 Å². The highest BCUT2D eigenvalue weighted by Gasteiger charge is 2.08. The molecule has 0 spiro atoms. The standard InChI is InChI=1S/C14H19N.C7H11N3O/c1-3-12-6-8-13(9-7-12)14-5-4-10-15(2)11-14;1-5-6(8-2)4-9-10(3)7(5)11/h6-9,11H,3-5,10H2,1-2H3;4,8H,1-3H3. The topological polar surface area (TPSA) is 50.2 Å². The molecule has 0 unspecified atom stereocenters. The van der Waals surface area contributed by atoms with Crippen molar-refractivity contribution in [1.82, 2.24) is 14.7 Å². The molecule has 0 atom stereocenters. The summed E-state index contributed by atoms with van der Waals surface area (Å²) in [6, 6.07) is 8.99. The summed E-state index contributed by atoms with van der Waals surface area (Å²) in [5, 5.41) is 6.74. The van der Waals surface area contributed by atoms with Crippen LogP contribution in [0.4, 0.5) is 5.69 Å². The molecule has 0 bridgehead atoms. The summed E-state index contributed by atoms with van der Waals surface area (Å²) >= 11 is 0. The highest BCUT2D eigenvalue weighted by molar-refractivity contribution is 5.66. The monoisotopic (exact) mass is 354 g/mol. The summed E-state index contributed by atoms with van der Waals surface area (Å²) in [6.45, 7) is 5.16. The van der Waals surface area contributed by atoms with Crippen LogP contribution in [-0.2, 0) is 13.5 Å². The first-order chi connectivity index (χ1) is 12.5. The number of hydrogen-bond acceptors (Lipinski definition) is 4. The minimum Gasteiger partial charge on any atom is -0.386 e. The van der Waals surface area contributed by atoms with E-state index in [0.717, 1.165) is 12.1 Å².